The van der Waals surface area contributed by atoms with Crippen molar-refractivity contribution in [2.24, 2.45) is 5.41 Å². The molecular weight excluding hydrogens is 557 g/mol. The lowest BCUT2D eigenvalue weighted by Gasteiger charge is -2.23. The maximum Gasteiger partial charge on any atom is 0.240 e. The van der Waals surface area contributed by atoms with Crippen LogP contribution in [0, 0.1) is 18.2 Å². The second kappa shape index (κ2) is 11.8. The summed E-state index contributed by atoms with van der Waals surface area (Å²) in [5.74, 6) is -0.101. The Bertz CT molecular complexity index is 1690. The molecule has 1 fully saturated rings. The summed E-state index contributed by atoms with van der Waals surface area (Å²) in [5.41, 5.74) is 1.19. The molecular formula is C32H30FN3O7. The first kappa shape index (κ1) is 28.2. The van der Waals surface area contributed by atoms with Crippen molar-refractivity contribution in [3.63, 3.8) is 0 Å². The van der Waals surface area contributed by atoms with E-state index < -0.39 is 17.1 Å². The first-order chi connectivity index (χ1) is 20.9. The number of aromatic nitrogens is 1. The summed E-state index contributed by atoms with van der Waals surface area (Å²) in [6, 6.07) is 14.7. The van der Waals surface area contributed by atoms with Gasteiger partial charge in [0.1, 0.15) is 31.0 Å². The lowest BCUT2D eigenvalue weighted by atomic mass is 10.0. The van der Waals surface area contributed by atoms with Crippen LogP contribution in [-0.4, -0.2) is 50.3 Å². The van der Waals surface area contributed by atoms with Gasteiger partial charge in [0.25, 0.3) is 0 Å². The summed E-state index contributed by atoms with van der Waals surface area (Å²) in [6.45, 7) is 3.29. The highest BCUT2D eigenvalue weighted by Crippen LogP contribution is 2.49. The van der Waals surface area contributed by atoms with Gasteiger partial charge in [0.05, 0.1) is 17.5 Å². The van der Waals surface area contributed by atoms with Crippen molar-refractivity contribution in [3.05, 3.63) is 72.2 Å². The molecule has 0 spiro atoms. The highest BCUT2D eigenvalue weighted by atomic mass is 19.1. The number of methoxy groups -OCH3 is 1. The second-order valence-corrected chi connectivity index (χ2v) is 10.4. The predicted molar refractivity (Wildman–Crippen MR) is 157 cm³/mol. The molecule has 2 aliphatic rings. The van der Waals surface area contributed by atoms with Crippen molar-refractivity contribution in [2.45, 2.75) is 19.8 Å². The number of carbonyl (C=O) groups is 2. The van der Waals surface area contributed by atoms with Gasteiger partial charge in [0.15, 0.2) is 23.1 Å². The third kappa shape index (κ3) is 5.76. The van der Waals surface area contributed by atoms with Gasteiger partial charge in [-0.1, -0.05) is 17.7 Å². The van der Waals surface area contributed by atoms with E-state index in [4.69, 9.17) is 23.7 Å². The first-order valence-corrected chi connectivity index (χ1v) is 13.9. The van der Waals surface area contributed by atoms with Gasteiger partial charge in [0.2, 0.25) is 17.6 Å². The molecule has 4 aromatic rings. The van der Waals surface area contributed by atoms with Crippen LogP contribution < -0.4 is 29.6 Å². The maximum atomic E-state index is 15.3. The summed E-state index contributed by atoms with van der Waals surface area (Å²) >= 11 is 0. The molecule has 1 aliphatic heterocycles. The van der Waals surface area contributed by atoms with E-state index in [1.807, 2.05) is 19.1 Å². The Labute approximate surface area is 247 Å². The van der Waals surface area contributed by atoms with Crippen LogP contribution in [0.15, 0.2) is 60.8 Å². The van der Waals surface area contributed by atoms with Gasteiger partial charge in [-0.15, -0.1) is 0 Å². The molecule has 2 heterocycles. The maximum absolute atomic E-state index is 15.3. The minimum Gasteiger partial charge on any atom is -0.487 e. The van der Waals surface area contributed by atoms with Gasteiger partial charge in [-0.3, -0.25) is 14.6 Å². The van der Waals surface area contributed by atoms with Gasteiger partial charge in [0, 0.05) is 36.8 Å². The van der Waals surface area contributed by atoms with Crippen molar-refractivity contribution in [1.29, 1.82) is 0 Å². The van der Waals surface area contributed by atoms with Crippen LogP contribution in [0.2, 0.25) is 0 Å². The average Bonchev–Trinajstić information content (AvgIpc) is 3.82. The highest BCUT2D eigenvalue weighted by molar-refractivity contribution is 6.16. The Morgan fingerprint density at radius 2 is 1.58 bits per heavy atom. The summed E-state index contributed by atoms with van der Waals surface area (Å²) in [5, 5.41) is 6.00. The number of hydrogen-bond donors (Lipinski definition) is 2. The Hall–Kier alpha value is -4.90. The van der Waals surface area contributed by atoms with E-state index in [-0.39, 0.29) is 17.3 Å². The van der Waals surface area contributed by atoms with Crippen LogP contribution in [0.5, 0.6) is 28.7 Å². The number of nitrogens with zero attached hydrogens (tertiary/aromatic N) is 1. The fourth-order valence-electron chi connectivity index (χ4n) is 4.80. The molecule has 2 N–H and O–H groups in total. The number of ether oxygens (including phenoxy) is 5. The van der Waals surface area contributed by atoms with Gasteiger partial charge < -0.3 is 34.3 Å². The van der Waals surface area contributed by atoms with Crippen LogP contribution in [0.4, 0.5) is 15.8 Å². The van der Waals surface area contributed by atoms with E-state index in [1.165, 1.54) is 18.3 Å². The van der Waals surface area contributed by atoms with Crippen LogP contribution >= 0.6 is 0 Å². The smallest absolute Gasteiger partial charge is 0.240 e. The number of anilines is 2. The average molecular weight is 588 g/mol. The fraction of sp³-hybridized carbons (Fsp3) is 0.281. The lowest BCUT2D eigenvalue weighted by molar-refractivity contribution is -0.131. The van der Waals surface area contributed by atoms with Crippen molar-refractivity contribution in [3.8, 4) is 28.7 Å². The highest BCUT2D eigenvalue weighted by Gasteiger charge is 2.56. The molecule has 43 heavy (non-hydrogen) atoms. The first-order valence-electron chi connectivity index (χ1n) is 13.9. The van der Waals surface area contributed by atoms with E-state index in [0.717, 1.165) is 11.6 Å². The monoisotopic (exact) mass is 587 g/mol. The molecule has 0 radical (unpaired) electrons. The number of aryl methyl sites for hydroxylation is 1. The summed E-state index contributed by atoms with van der Waals surface area (Å²) in [4.78, 5) is 30.4. The van der Waals surface area contributed by atoms with Crippen LogP contribution in [-0.2, 0) is 14.3 Å². The fourth-order valence-corrected chi connectivity index (χ4v) is 4.80. The number of hydrogen-bond acceptors (Lipinski definition) is 8. The van der Waals surface area contributed by atoms with Crippen LogP contribution in [0.1, 0.15) is 18.4 Å². The van der Waals surface area contributed by atoms with E-state index in [0.29, 0.717) is 78.9 Å². The minimum atomic E-state index is -1.19. The molecule has 1 aliphatic carbocycles. The second-order valence-electron chi connectivity index (χ2n) is 10.4. The molecule has 0 saturated heterocycles. The van der Waals surface area contributed by atoms with Crippen LogP contribution in [0.25, 0.3) is 10.9 Å². The zero-order valence-electron chi connectivity index (χ0n) is 23.7. The number of rotatable bonds is 10. The Morgan fingerprint density at radius 3 is 2.28 bits per heavy atom. The number of fused-ring (bicyclic) bond motifs is 3. The van der Waals surface area contributed by atoms with E-state index in [9.17, 15) is 9.59 Å². The minimum absolute atomic E-state index is 0.0744. The Balaban J connectivity index is 1.20. The molecule has 0 atom stereocenters. The zero-order chi connectivity index (χ0) is 30.0. The molecule has 11 heteroatoms. The summed E-state index contributed by atoms with van der Waals surface area (Å²) in [7, 11) is 1.58. The summed E-state index contributed by atoms with van der Waals surface area (Å²) < 4.78 is 43.9. The van der Waals surface area contributed by atoms with Crippen LogP contribution in [0.3, 0.4) is 0 Å². The standard InChI is InChI=1S/C32H30FN3O7/c1-19-3-5-20(6-4-19)35-30(37)32(10-11-32)31(38)36-21-7-8-24(22(33)17-21)43-25-9-12-34-23-18-26(40-14-13-39-2)28-29(27(23)25)42-16-15-41-28/h3-9,12,17-18H,10-11,13-16H2,1-2H3,(H,35,37)(H,36,38). The number of pyridine rings is 1. The van der Waals surface area contributed by atoms with Gasteiger partial charge in [-0.25, -0.2) is 4.39 Å². The molecule has 1 aromatic heterocycles. The number of halogens is 1. The molecule has 6 rings (SSSR count). The Kier molecular flexibility index (Phi) is 7.73. The summed E-state index contributed by atoms with van der Waals surface area (Å²) in [6.07, 6.45) is 2.35. The quantitative estimate of drug-likeness (QED) is 0.181. The third-order valence-electron chi connectivity index (χ3n) is 7.33. The van der Waals surface area contributed by atoms with E-state index in [1.54, 1.807) is 31.4 Å². The lowest BCUT2D eigenvalue weighted by Crippen LogP contribution is -2.35. The van der Waals surface area contributed by atoms with Crippen molar-refractivity contribution in [2.75, 3.05) is 44.2 Å². The number of nitrogens with one attached hydrogen (secondary N) is 2. The van der Waals surface area contributed by atoms with Crippen molar-refractivity contribution >= 4 is 34.1 Å². The molecule has 222 valence electrons. The van der Waals surface area contributed by atoms with Gasteiger partial charge >= 0.3 is 0 Å². The van der Waals surface area contributed by atoms with Gasteiger partial charge in [-0.05, 0) is 50.1 Å². The molecule has 0 unspecified atom stereocenters. The van der Waals surface area contributed by atoms with E-state index in [2.05, 4.69) is 15.6 Å². The van der Waals surface area contributed by atoms with Crippen molar-refractivity contribution < 1.29 is 37.7 Å². The molecule has 1 saturated carbocycles. The normalized spacial score (nSPS) is 14.6. The predicted octanol–water partition coefficient (Wildman–Crippen LogP) is 5.63. The zero-order valence-corrected chi connectivity index (χ0v) is 23.7. The van der Waals surface area contributed by atoms with E-state index >= 15 is 4.39 Å². The number of amides is 2. The molecule has 2 amide bonds. The van der Waals surface area contributed by atoms with Gasteiger partial charge in [-0.2, -0.15) is 0 Å². The molecule has 3 aromatic carbocycles. The Morgan fingerprint density at radius 1 is 0.884 bits per heavy atom. The SMILES string of the molecule is COCCOc1cc2nccc(Oc3ccc(NC(=O)C4(C(=O)Nc5ccc(C)cc5)CC4)cc3F)c2c2c1OCCO2. The topological polar surface area (TPSA) is 117 Å². The van der Waals surface area contributed by atoms with Crippen molar-refractivity contribution in [1.82, 2.24) is 4.98 Å². The molecule has 10 nitrogen and oxygen atoms in total. The molecule has 0 bridgehead atoms. The number of benzene rings is 3. The largest absolute Gasteiger partial charge is 0.487 e. The third-order valence-corrected chi connectivity index (χ3v) is 7.33. The number of carbonyl (C=O) groups excluding carboxylic acids is 2.